The zero-order valence-corrected chi connectivity index (χ0v) is 85.1. The van der Waals surface area contributed by atoms with E-state index in [4.69, 9.17) is 0 Å². The Labute approximate surface area is 651 Å². The van der Waals surface area contributed by atoms with E-state index in [0.29, 0.717) is 81.2 Å². The summed E-state index contributed by atoms with van der Waals surface area (Å²) in [5.74, 6) is 3.91. The lowest BCUT2D eigenvalue weighted by molar-refractivity contribution is -0.196. The van der Waals surface area contributed by atoms with Crippen molar-refractivity contribution in [2.24, 2.45) is 138 Å². The molecule has 0 aliphatic rings. The second-order valence-electron chi connectivity index (χ2n) is 57.4. The first-order valence-corrected chi connectivity index (χ1v) is 41.8. The third kappa shape index (κ3) is 50.4. The molecule has 0 saturated carbocycles. The van der Waals surface area contributed by atoms with Crippen molar-refractivity contribution in [1.29, 1.82) is 0 Å². The van der Waals surface area contributed by atoms with E-state index in [1.54, 1.807) is 0 Å². The highest BCUT2D eigenvalue weighted by Crippen LogP contribution is 2.69. The summed E-state index contributed by atoms with van der Waals surface area (Å²) in [7, 11) is 0. The SMILES string of the molecule is CC(C)(C)C(C(C)(C)C)(C(C)(C)C)C(C)(C)C.CC(C)(C)C(C(C)(C)C)C(C)(C)C.CC(C)(C)CC(C(C)(C)C)C(C)(C)C.CC(C)(C)CC(C(C)(C)C)C(C)(C)C.CC(C)(C)CC(CC(C)(C)C)C(C)(C)C.CC(C)(C)CC(CC(C)(C)C)C(C)(C)C.CC(C)(C)N(C(C)(C)C)C(C)(C)C. The fourth-order valence-electron chi connectivity index (χ4n) is 23.0. The van der Waals surface area contributed by atoms with Crippen molar-refractivity contribution in [3.63, 3.8) is 0 Å². The maximum absolute atomic E-state index is 2.56. The minimum absolute atomic E-state index is 0.219. The summed E-state index contributed by atoms with van der Waals surface area (Å²) in [6.45, 7) is 156. The summed E-state index contributed by atoms with van der Waals surface area (Å²) in [5, 5.41) is 0. The van der Waals surface area contributed by atoms with Gasteiger partial charge in [0.15, 0.2) is 0 Å². The van der Waals surface area contributed by atoms with E-state index in [2.05, 4.69) is 462 Å². The van der Waals surface area contributed by atoms with Gasteiger partial charge in [-0.3, -0.25) is 4.90 Å². The van der Waals surface area contributed by atoms with E-state index in [1.165, 1.54) is 38.5 Å². The molecule has 0 spiro atoms. The second kappa shape index (κ2) is 37.3. The van der Waals surface area contributed by atoms with Gasteiger partial charge in [0.2, 0.25) is 0 Å². The Morgan fingerprint density at radius 1 is 0.158 bits per heavy atom. The summed E-state index contributed by atoms with van der Waals surface area (Å²) < 4.78 is 0. The van der Waals surface area contributed by atoms with Crippen molar-refractivity contribution in [1.82, 2.24) is 4.90 Å². The molecule has 0 fully saturated rings. The minimum atomic E-state index is 0.219. The predicted octanol–water partition coefficient (Wildman–Crippen LogP) is 35.9. The van der Waals surface area contributed by atoms with Gasteiger partial charge in [0.1, 0.15) is 0 Å². The largest absolute Gasteiger partial charge is 0.289 e. The molecule has 0 rings (SSSR count). The van der Waals surface area contributed by atoms with Gasteiger partial charge in [0.25, 0.3) is 0 Å². The molecule has 0 bridgehead atoms. The number of hydrogen-bond acceptors (Lipinski definition) is 1. The van der Waals surface area contributed by atoms with Gasteiger partial charge in [-0.25, -0.2) is 0 Å². The van der Waals surface area contributed by atoms with Crippen LogP contribution in [0.15, 0.2) is 0 Å². The Bertz CT molecular complexity index is 1850. The molecule has 0 aromatic carbocycles. The third-order valence-electron chi connectivity index (χ3n) is 20.8. The van der Waals surface area contributed by atoms with Crippen molar-refractivity contribution < 1.29 is 0 Å². The van der Waals surface area contributed by atoms with Gasteiger partial charge < -0.3 is 0 Å². The van der Waals surface area contributed by atoms with Crippen LogP contribution < -0.4 is 0 Å². The Kier molecular flexibility index (Phi) is 42.2. The topological polar surface area (TPSA) is 3.24 Å². The van der Waals surface area contributed by atoms with E-state index < -0.39 is 0 Å². The Hall–Kier alpha value is -0.0400. The minimum Gasteiger partial charge on any atom is -0.289 e. The highest BCUT2D eigenvalue weighted by atomic mass is 15.3. The molecule has 0 aliphatic carbocycles. The molecule has 0 heterocycles. The summed E-state index contributed by atoms with van der Waals surface area (Å²) >= 11 is 0. The molecule has 0 aliphatic heterocycles. The van der Waals surface area contributed by atoms with Crippen molar-refractivity contribution in [2.45, 2.75) is 512 Å². The molecule has 0 unspecified atom stereocenters. The van der Waals surface area contributed by atoms with Crippen LogP contribution in [-0.4, -0.2) is 21.5 Å². The van der Waals surface area contributed by atoms with Crippen molar-refractivity contribution in [3.8, 4) is 0 Å². The molecular formula is C100H215N. The molecule has 0 amide bonds. The van der Waals surface area contributed by atoms with Gasteiger partial charge in [-0.15, -0.1) is 0 Å². The molecule has 620 valence electrons. The fraction of sp³-hybridized carbons (Fsp3) is 1.00. The predicted molar refractivity (Wildman–Crippen MR) is 478 cm³/mol. The van der Waals surface area contributed by atoms with Crippen molar-refractivity contribution >= 4 is 0 Å². The molecule has 0 aromatic heterocycles. The molecule has 1 nitrogen and oxygen atoms in total. The molecule has 0 N–H and O–H groups in total. The van der Waals surface area contributed by atoms with Crippen LogP contribution >= 0.6 is 0 Å². The quantitative estimate of drug-likeness (QED) is 0.256. The average Bonchev–Trinajstić information content (AvgIpc) is 0.702. The van der Waals surface area contributed by atoms with Crippen LogP contribution in [0.5, 0.6) is 0 Å². The summed E-state index contributed by atoms with van der Waals surface area (Å²) in [4.78, 5) is 2.56. The Morgan fingerprint density at radius 2 is 0.287 bits per heavy atom. The zero-order valence-electron chi connectivity index (χ0n) is 85.1. The normalized spacial score (nSPS) is 15.2. The van der Waals surface area contributed by atoms with Crippen LogP contribution in [-0.2, 0) is 0 Å². The number of nitrogens with zero attached hydrogens (tertiary/aromatic N) is 1. The van der Waals surface area contributed by atoms with Gasteiger partial charge in [-0.1, -0.05) is 395 Å². The van der Waals surface area contributed by atoms with E-state index in [-0.39, 0.29) is 43.7 Å². The van der Waals surface area contributed by atoms with Crippen LogP contribution in [0.1, 0.15) is 495 Å². The molecule has 0 radical (unpaired) electrons. The Balaban J connectivity index is -0.000000204. The maximum atomic E-state index is 2.56. The number of hydrogen-bond donors (Lipinski definition) is 0. The molecule has 0 saturated heterocycles. The van der Waals surface area contributed by atoms with E-state index in [9.17, 15) is 0 Å². The first kappa shape index (κ1) is 114. The van der Waals surface area contributed by atoms with Crippen molar-refractivity contribution in [2.75, 3.05) is 0 Å². The van der Waals surface area contributed by atoms with Gasteiger partial charge in [0, 0.05) is 16.6 Å². The molecule has 0 aromatic rings. The molecule has 101 heavy (non-hydrogen) atoms. The van der Waals surface area contributed by atoms with Crippen LogP contribution in [0, 0.1) is 138 Å². The highest BCUT2D eigenvalue weighted by molar-refractivity contribution is 5.11. The number of rotatable bonds is 6. The monoisotopic (exact) mass is 1430 g/mol. The first-order chi connectivity index (χ1) is 42.0. The second-order valence-corrected chi connectivity index (χ2v) is 57.4. The van der Waals surface area contributed by atoms with Crippen LogP contribution in [0.2, 0.25) is 0 Å². The average molecular weight is 1430 g/mol. The lowest BCUT2D eigenvalue weighted by atomic mass is 9.37. The zero-order chi connectivity index (χ0) is 85.2. The van der Waals surface area contributed by atoms with Crippen LogP contribution in [0.3, 0.4) is 0 Å². The highest BCUT2D eigenvalue weighted by Gasteiger charge is 2.63. The summed E-state index contributed by atoms with van der Waals surface area (Å²) in [6.07, 6.45) is 7.92. The van der Waals surface area contributed by atoms with Gasteiger partial charge in [0.05, 0.1) is 0 Å². The third-order valence-corrected chi connectivity index (χ3v) is 20.8. The Morgan fingerprint density at radius 3 is 0.317 bits per heavy atom. The van der Waals surface area contributed by atoms with Crippen LogP contribution in [0.25, 0.3) is 0 Å². The lowest BCUT2D eigenvalue weighted by Gasteiger charge is -2.67. The van der Waals surface area contributed by atoms with E-state index >= 15 is 0 Å². The molecule has 1 heteroatoms. The standard InChI is InChI=1S/C17H36.2C15H32.2C14H30.C13H28.C12H27N/c1-13(2,3)17(14(4,5)6,15(7,8)9)16(10,11)12;2*1-13(2,3)10-12(15(7,8)9)11-14(4,5)6;2*1-12(2,3)10-11(13(4,5)6)14(7,8)9;1-11(2,3)10(12(4,5)6)13(7,8)9;1-10(2,3)13(11(4,5)6)12(7,8)9/h1-12H3;2*12H,10-11H2,1-9H3;2*11H,10H2,1-9H3;10H,1-9H3;1-9H3. The molecule has 0 atom stereocenters. The smallest absolute Gasteiger partial charge is 0.0135 e. The van der Waals surface area contributed by atoms with E-state index in [1.807, 2.05) is 0 Å². The lowest BCUT2D eigenvalue weighted by Crippen LogP contribution is -2.61. The van der Waals surface area contributed by atoms with E-state index in [0.717, 1.165) is 29.6 Å². The first-order valence-electron chi connectivity index (χ1n) is 41.8. The maximum Gasteiger partial charge on any atom is 0.0135 e. The summed E-state index contributed by atoms with van der Waals surface area (Å²) in [6, 6.07) is 0. The van der Waals surface area contributed by atoms with Crippen molar-refractivity contribution in [3.05, 3.63) is 0 Å². The van der Waals surface area contributed by atoms with Gasteiger partial charge >= 0.3 is 0 Å². The van der Waals surface area contributed by atoms with Crippen LogP contribution in [0.4, 0.5) is 0 Å². The molecular weight excluding hydrogens is 1220 g/mol. The van der Waals surface area contributed by atoms with Gasteiger partial charge in [-0.2, -0.15) is 0 Å². The fourth-order valence-corrected chi connectivity index (χ4v) is 23.0. The van der Waals surface area contributed by atoms with Gasteiger partial charge in [-0.05, 0) is 239 Å². The summed E-state index contributed by atoms with van der Waals surface area (Å²) in [5.41, 5.74) is 8.28.